The zero-order chi connectivity index (χ0) is 35.0. The third-order valence-electron chi connectivity index (χ3n) is 10.6. The number of rotatable bonds is 8. The van der Waals surface area contributed by atoms with E-state index in [9.17, 15) is 9.90 Å². The molecule has 0 aliphatic rings. The number of benzene rings is 3. The fourth-order valence-corrected chi connectivity index (χ4v) is 6.12. The van der Waals surface area contributed by atoms with Crippen LogP contribution in [0.1, 0.15) is 99.1 Å². The first-order valence-corrected chi connectivity index (χ1v) is 17.2. The van der Waals surface area contributed by atoms with E-state index >= 15 is 0 Å². The summed E-state index contributed by atoms with van der Waals surface area (Å²) in [5.74, 6) is 0.286. The summed E-state index contributed by atoms with van der Waals surface area (Å²) in [6, 6.07) is 18.2. The summed E-state index contributed by atoms with van der Waals surface area (Å²) in [5.41, 5.74) is 5.68. The molecule has 0 saturated heterocycles. The van der Waals surface area contributed by atoms with Crippen molar-refractivity contribution < 1.29 is 38.8 Å². The standard InChI is InChI=1S/C27H21N2O2.C15H28O2.Ir/c1-15-13-30-22-12-20-23(11-19(15)22)31-26-24(20)25(28-14-29-26)17-9-16-7-5-6-8-18(16)21(10-17)27(2,3)4;1-7-14(5,8-2)12(16)11-13(17)15(6,9-3)10-4;/h5-8,10-14H,1-4H3;11,16H,7-10H2,1-6H3;/q-1;;/b;12-11-;. The number of hydrogen-bond donors (Lipinski definition) is 1. The number of nitrogens with zero attached hydrogens (tertiary/aromatic N) is 2. The van der Waals surface area contributed by atoms with Crippen LogP contribution in [0.15, 0.2) is 75.7 Å². The van der Waals surface area contributed by atoms with Gasteiger partial charge in [0.2, 0.25) is 5.71 Å². The molecule has 0 unspecified atom stereocenters. The van der Waals surface area contributed by atoms with Crippen molar-refractivity contribution in [2.24, 2.45) is 10.8 Å². The Labute approximate surface area is 303 Å². The number of aliphatic hydroxyl groups is 1. The van der Waals surface area contributed by atoms with Crippen molar-refractivity contribution in [2.45, 2.75) is 100 Å². The molecule has 7 heteroatoms. The van der Waals surface area contributed by atoms with Gasteiger partial charge in [-0.2, -0.15) is 0 Å². The van der Waals surface area contributed by atoms with Crippen molar-refractivity contribution in [3.05, 3.63) is 84.1 Å². The summed E-state index contributed by atoms with van der Waals surface area (Å²) in [7, 11) is 0. The second kappa shape index (κ2) is 14.6. The predicted molar refractivity (Wildman–Crippen MR) is 197 cm³/mol. The average Bonchev–Trinajstić information content (AvgIpc) is 3.64. The number of fused-ring (bicyclic) bond motifs is 5. The molecular weight excluding hydrogens is 789 g/mol. The van der Waals surface area contributed by atoms with Gasteiger partial charge in [-0.3, -0.25) is 9.78 Å². The van der Waals surface area contributed by atoms with E-state index in [-0.39, 0.29) is 47.9 Å². The maximum Gasteiger partial charge on any atom is 0.223 e. The molecule has 1 radical (unpaired) electrons. The van der Waals surface area contributed by atoms with E-state index in [0.29, 0.717) is 5.71 Å². The molecule has 0 bridgehead atoms. The zero-order valence-corrected chi connectivity index (χ0v) is 32.9. The number of carbonyl (C=O) groups excluding carboxylic acids is 1. The molecule has 6 rings (SSSR count). The van der Waals surface area contributed by atoms with Crippen molar-refractivity contribution in [2.75, 3.05) is 0 Å². The first kappa shape index (κ1) is 38.0. The van der Waals surface area contributed by atoms with Crippen LogP contribution < -0.4 is 0 Å². The van der Waals surface area contributed by atoms with Crippen molar-refractivity contribution in [1.82, 2.24) is 9.97 Å². The van der Waals surface area contributed by atoms with Crippen LogP contribution in [-0.4, -0.2) is 20.9 Å². The summed E-state index contributed by atoms with van der Waals surface area (Å²) < 4.78 is 11.9. The number of ketones is 1. The van der Waals surface area contributed by atoms with Gasteiger partial charge in [0.1, 0.15) is 23.3 Å². The molecule has 3 heterocycles. The molecule has 0 spiro atoms. The SMILES string of the molecule is CCC(C)(CC)C(=O)/C=C(\O)C(C)(CC)CC.Cc1coc2cc3c(cc12)oc1ncnc(-c2[c-]c4ccccc4c(C(C)(C)C)c2)c13.[Ir]. The predicted octanol–water partition coefficient (Wildman–Crippen LogP) is 12.0. The normalized spacial score (nSPS) is 12.7. The number of hydrogen-bond acceptors (Lipinski definition) is 6. The van der Waals surface area contributed by atoms with Gasteiger partial charge in [-0.15, -0.1) is 29.1 Å². The third kappa shape index (κ3) is 7.25. The van der Waals surface area contributed by atoms with E-state index < -0.39 is 0 Å². The summed E-state index contributed by atoms with van der Waals surface area (Å²) in [6.07, 6.45) is 8.09. The molecule has 3 aromatic heterocycles. The van der Waals surface area contributed by atoms with Gasteiger partial charge in [-0.25, -0.2) is 4.98 Å². The van der Waals surface area contributed by atoms with Crippen LogP contribution in [0.4, 0.5) is 0 Å². The van der Waals surface area contributed by atoms with Crippen molar-refractivity contribution in [3.8, 4) is 11.3 Å². The van der Waals surface area contributed by atoms with Crippen LogP contribution in [0.5, 0.6) is 0 Å². The number of aliphatic hydroxyl groups excluding tert-OH is 1. The van der Waals surface area contributed by atoms with Gasteiger partial charge in [-0.05, 0) is 55.7 Å². The molecule has 0 fully saturated rings. The molecule has 0 amide bonds. The Bertz CT molecular complexity index is 2140. The minimum absolute atomic E-state index is 0. The van der Waals surface area contributed by atoms with Crippen LogP contribution in [-0.2, 0) is 30.3 Å². The Morgan fingerprint density at radius 2 is 1.49 bits per heavy atom. The smallest absolute Gasteiger partial charge is 0.223 e. The summed E-state index contributed by atoms with van der Waals surface area (Å²) in [5, 5.41) is 15.3. The molecule has 261 valence electrons. The first-order chi connectivity index (χ1) is 22.7. The maximum absolute atomic E-state index is 12.2. The van der Waals surface area contributed by atoms with E-state index in [0.717, 1.165) is 75.2 Å². The largest absolute Gasteiger partial charge is 0.512 e. The Hall–Kier alpha value is -3.80. The van der Waals surface area contributed by atoms with Crippen LogP contribution in [0.25, 0.3) is 55.1 Å². The van der Waals surface area contributed by atoms with Gasteiger partial charge in [0.05, 0.1) is 6.26 Å². The fraction of sp³-hybridized carbons (Fsp3) is 0.405. The summed E-state index contributed by atoms with van der Waals surface area (Å²) >= 11 is 0. The van der Waals surface area contributed by atoms with E-state index in [4.69, 9.17) is 8.83 Å². The van der Waals surface area contributed by atoms with Crippen LogP contribution in [0, 0.1) is 23.8 Å². The van der Waals surface area contributed by atoms with Crippen molar-refractivity contribution in [3.63, 3.8) is 0 Å². The second-order valence-electron chi connectivity index (χ2n) is 14.6. The molecule has 6 nitrogen and oxygen atoms in total. The quantitative estimate of drug-likeness (QED) is 0.0933. The number of aryl methyl sites for hydroxylation is 1. The molecular formula is C42H49IrN2O4-. The van der Waals surface area contributed by atoms with Gasteiger partial charge in [0, 0.05) is 58.9 Å². The minimum Gasteiger partial charge on any atom is -0.512 e. The van der Waals surface area contributed by atoms with E-state index in [2.05, 4.69) is 61.1 Å². The van der Waals surface area contributed by atoms with Crippen molar-refractivity contribution in [1.29, 1.82) is 0 Å². The van der Waals surface area contributed by atoms with Gasteiger partial charge < -0.3 is 13.9 Å². The zero-order valence-electron chi connectivity index (χ0n) is 30.5. The van der Waals surface area contributed by atoms with Crippen LogP contribution >= 0.6 is 0 Å². The van der Waals surface area contributed by atoms with E-state index in [1.54, 1.807) is 12.6 Å². The minimum atomic E-state index is -0.337. The monoisotopic (exact) mass is 838 g/mol. The molecule has 0 aliphatic heterocycles. The van der Waals surface area contributed by atoms with Gasteiger partial charge in [-0.1, -0.05) is 91.5 Å². The first-order valence-electron chi connectivity index (χ1n) is 17.2. The second-order valence-corrected chi connectivity index (χ2v) is 14.6. The summed E-state index contributed by atoms with van der Waals surface area (Å²) in [6.45, 7) is 20.8. The Morgan fingerprint density at radius 1 is 0.857 bits per heavy atom. The number of furan rings is 2. The Kier molecular flexibility index (Phi) is 11.3. The molecule has 49 heavy (non-hydrogen) atoms. The molecule has 0 aliphatic carbocycles. The average molecular weight is 838 g/mol. The molecule has 3 aromatic carbocycles. The topological polar surface area (TPSA) is 89.4 Å². The van der Waals surface area contributed by atoms with Crippen LogP contribution in [0.2, 0.25) is 0 Å². The Balaban J connectivity index is 0.000000260. The van der Waals surface area contributed by atoms with Gasteiger partial charge >= 0.3 is 0 Å². The van der Waals surface area contributed by atoms with Crippen molar-refractivity contribution >= 4 is 49.6 Å². The molecule has 0 saturated carbocycles. The number of aromatic nitrogens is 2. The number of allylic oxidation sites excluding steroid dienone is 2. The molecule has 0 atom stereocenters. The van der Waals surface area contributed by atoms with Gasteiger partial charge in [0.15, 0.2) is 5.78 Å². The molecule has 1 N–H and O–H groups in total. The Morgan fingerprint density at radius 3 is 2.12 bits per heavy atom. The molecule has 6 aromatic rings. The third-order valence-corrected chi connectivity index (χ3v) is 10.6. The van der Waals surface area contributed by atoms with E-state index in [1.807, 2.05) is 66.7 Å². The summed E-state index contributed by atoms with van der Waals surface area (Å²) in [4.78, 5) is 21.3. The maximum atomic E-state index is 12.2. The number of carbonyl (C=O) groups is 1. The van der Waals surface area contributed by atoms with E-state index in [1.165, 1.54) is 17.0 Å². The fourth-order valence-electron chi connectivity index (χ4n) is 6.12. The van der Waals surface area contributed by atoms with Gasteiger partial charge in [0.25, 0.3) is 0 Å². The van der Waals surface area contributed by atoms with Crippen LogP contribution in [0.3, 0.4) is 0 Å².